The second-order valence-corrected chi connectivity index (χ2v) is 6.43. The van der Waals surface area contributed by atoms with Crippen molar-refractivity contribution in [1.29, 1.82) is 0 Å². The summed E-state index contributed by atoms with van der Waals surface area (Å²) < 4.78 is 64.0. The Morgan fingerprint density at radius 1 is 0.955 bits per heavy atom. The molecule has 0 bridgehead atoms. The van der Waals surface area contributed by atoms with Crippen molar-refractivity contribution in [2.45, 2.75) is 24.0 Å². The van der Waals surface area contributed by atoms with E-state index in [0.717, 1.165) is 6.92 Å². The van der Waals surface area contributed by atoms with Gasteiger partial charge in [0.1, 0.15) is 6.04 Å². The number of hydrogen-bond donors (Lipinski definition) is 1. The molecule has 2 aromatic carbocycles. The molecule has 0 aliphatic carbocycles. The molecule has 118 valence electrons. The molecule has 7 heteroatoms. The van der Waals surface area contributed by atoms with Gasteiger partial charge in [0.05, 0.1) is 4.90 Å². The summed E-state index contributed by atoms with van der Waals surface area (Å²) >= 11 is 0. The predicted octanol–water partition coefficient (Wildman–Crippen LogP) is 3.58. The van der Waals surface area contributed by atoms with Crippen molar-refractivity contribution < 1.29 is 21.6 Å². The molecule has 0 aliphatic heterocycles. The number of sulfonamides is 1. The molecule has 3 nitrogen and oxygen atoms in total. The minimum atomic E-state index is -4.64. The highest BCUT2D eigenvalue weighted by atomic mass is 32.2. The van der Waals surface area contributed by atoms with Crippen molar-refractivity contribution in [2.75, 3.05) is 0 Å². The van der Waals surface area contributed by atoms with Gasteiger partial charge in [-0.05, 0) is 18.6 Å². The fourth-order valence-electron chi connectivity index (χ4n) is 1.92. The lowest BCUT2D eigenvalue weighted by Gasteiger charge is -2.18. The molecule has 0 aromatic heterocycles. The van der Waals surface area contributed by atoms with Crippen LogP contribution in [0.4, 0.5) is 13.2 Å². The molecule has 2 aromatic rings. The summed E-state index contributed by atoms with van der Waals surface area (Å²) in [6, 6.07) is 12.4. The van der Waals surface area contributed by atoms with E-state index in [1.54, 1.807) is 47.2 Å². The first-order valence-corrected chi connectivity index (χ1v) is 7.93. The minimum absolute atomic E-state index is 0.183. The molecular formula is C15H14F3NO2S. The summed E-state index contributed by atoms with van der Waals surface area (Å²) in [5, 5.41) is 0. The molecule has 0 fully saturated rings. The maximum atomic E-state index is 12.6. The van der Waals surface area contributed by atoms with Gasteiger partial charge in [-0.1, -0.05) is 48.5 Å². The summed E-state index contributed by atoms with van der Waals surface area (Å²) in [4.78, 5) is -0.183. The minimum Gasteiger partial charge on any atom is -0.207 e. The Balaban J connectivity index is 2.45. The van der Waals surface area contributed by atoms with Crippen molar-refractivity contribution in [3.8, 4) is 11.1 Å². The van der Waals surface area contributed by atoms with Crippen LogP contribution in [0, 0.1) is 0 Å². The summed E-state index contributed by atoms with van der Waals surface area (Å²) in [5.74, 6) is 0. The largest absolute Gasteiger partial charge is 0.404 e. The molecule has 0 saturated heterocycles. The van der Waals surface area contributed by atoms with Crippen molar-refractivity contribution in [2.24, 2.45) is 0 Å². The summed E-state index contributed by atoms with van der Waals surface area (Å²) in [7, 11) is -4.29. The molecule has 0 heterocycles. The van der Waals surface area contributed by atoms with E-state index in [9.17, 15) is 21.6 Å². The number of hydrogen-bond acceptors (Lipinski definition) is 2. The Kier molecular flexibility index (Phi) is 4.58. The van der Waals surface area contributed by atoms with Gasteiger partial charge in [-0.3, -0.25) is 0 Å². The van der Waals surface area contributed by atoms with Crippen LogP contribution in [0.5, 0.6) is 0 Å². The monoisotopic (exact) mass is 329 g/mol. The van der Waals surface area contributed by atoms with E-state index in [2.05, 4.69) is 0 Å². The third-order valence-corrected chi connectivity index (χ3v) is 4.68. The topological polar surface area (TPSA) is 46.2 Å². The van der Waals surface area contributed by atoms with Crippen molar-refractivity contribution in [1.82, 2.24) is 4.72 Å². The SMILES string of the molecule is CC(NS(=O)(=O)c1ccccc1-c1ccccc1)C(F)(F)F. The smallest absolute Gasteiger partial charge is 0.207 e. The van der Waals surface area contributed by atoms with Crippen molar-refractivity contribution in [3.63, 3.8) is 0 Å². The van der Waals surface area contributed by atoms with E-state index in [0.29, 0.717) is 11.1 Å². The number of halogens is 3. The molecule has 0 amide bonds. The second-order valence-electron chi connectivity index (χ2n) is 4.75. The highest BCUT2D eigenvalue weighted by Gasteiger charge is 2.39. The van der Waals surface area contributed by atoms with E-state index < -0.39 is 22.2 Å². The van der Waals surface area contributed by atoms with E-state index in [4.69, 9.17) is 0 Å². The third-order valence-electron chi connectivity index (χ3n) is 3.08. The van der Waals surface area contributed by atoms with Crippen LogP contribution >= 0.6 is 0 Å². The molecule has 0 saturated carbocycles. The van der Waals surface area contributed by atoms with Crippen LogP contribution in [0.15, 0.2) is 59.5 Å². The van der Waals surface area contributed by atoms with Gasteiger partial charge < -0.3 is 0 Å². The van der Waals surface area contributed by atoms with Gasteiger partial charge in [0.15, 0.2) is 0 Å². The van der Waals surface area contributed by atoms with Gasteiger partial charge in [-0.15, -0.1) is 0 Å². The molecule has 1 N–H and O–H groups in total. The maximum absolute atomic E-state index is 12.6. The van der Waals surface area contributed by atoms with Crippen LogP contribution in [0.3, 0.4) is 0 Å². The zero-order valence-corrected chi connectivity index (χ0v) is 12.4. The fourth-order valence-corrected chi connectivity index (χ4v) is 3.38. The molecule has 1 atom stereocenters. The van der Waals surface area contributed by atoms with E-state index >= 15 is 0 Å². The lowest BCUT2D eigenvalue weighted by molar-refractivity contribution is -0.147. The quantitative estimate of drug-likeness (QED) is 0.932. The molecule has 0 spiro atoms. The molecule has 2 rings (SSSR count). The summed E-state index contributed by atoms with van der Waals surface area (Å²) in [5.41, 5.74) is 0.966. The molecule has 0 radical (unpaired) electrons. The van der Waals surface area contributed by atoms with E-state index in [-0.39, 0.29) is 4.90 Å². The Morgan fingerprint density at radius 2 is 1.50 bits per heavy atom. The lowest BCUT2D eigenvalue weighted by Crippen LogP contribution is -2.43. The average Bonchev–Trinajstić information content (AvgIpc) is 2.47. The number of benzene rings is 2. The molecule has 0 aliphatic rings. The van der Waals surface area contributed by atoms with Crippen molar-refractivity contribution in [3.05, 3.63) is 54.6 Å². The number of alkyl halides is 3. The van der Waals surface area contributed by atoms with Gasteiger partial charge >= 0.3 is 6.18 Å². The van der Waals surface area contributed by atoms with Gasteiger partial charge in [-0.2, -0.15) is 17.9 Å². The molecule has 22 heavy (non-hydrogen) atoms. The first-order valence-electron chi connectivity index (χ1n) is 6.45. The van der Waals surface area contributed by atoms with Gasteiger partial charge in [-0.25, -0.2) is 8.42 Å². The summed E-state index contributed by atoms with van der Waals surface area (Å²) in [6.07, 6.45) is -4.64. The van der Waals surface area contributed by atoms with Crippen LogP contribution in [0.2, 0.25) is 0 Å². The third kappa shape index (κ3) is 3.66. The first kappa shape index (κ1) is 16.5. The molecule has 1 unspecified atom stereocenters. The van der Waals surface area contributed by atoms with Gasteiger partial charge in [0.2, 0.25) is 10.0 Å². The highest BCUT2D eigenvalue weighted by Crippen LogP contribution is 2.28. The lowest BCUT2D eigenvalue weighted by atomic mass is 10.1. The van der Waals surface area contributed by atoms with Gasteiger partial charge in [0.25, 0.3) is 0 Å². The Bertz CT molecular complexity index is 743. The summed E-state index contributed by atoms with van der Waals surface area (Å²) in [6.45, 7) is 0.767. The Labute approximate surface area is 126 Å². The van der Waals surface area contributed by atoms with Crippen LogP contribution in [-0.4, -0.2) is 20.6 Å². The fraction of sp³-hybridized carbons (Fsp3) is 0.200. The maximum Gasteiger partial charge on any atom is 0.404 e. The predicted molar refractivity (Wildman–Crippen MR) is 77.7 cm³/mol. The van der Waals surface area contributed by atoms with E-state index in [1.807, 2.05) is 0 Å². The van der Waals surface area contributed by atoms with Crippen LogP contribution in [-0.2, 0) is 10.0 Å². The number of rotatable bonds is 4. The normalized spacial score (nSPS) is 13.8. The van der Waals surface area contributed by atoms with Crippen LogP contribution in [0.25, 0.3) is 11.1 Å². The van der Waals surface area contributed by atoms with Gasteiger partial charge in [0, 0.05) is 5.56 Å². The van der Waals surface area contributed by atoms with Crippen LogP contribution in [0.1, 0.15) is 6.92 Å². The zero-order valence-electron chi connectivity index (χ0n) is 11.6. The van der Waals surface area contributed by atoms with Crippen molar-refractivity contribution >= 4 is 10.0 Å². The highest BCUT2D eigenvalue weighted by molar-refractivity contribution is 7.89. The number of nitrogens with one attached hydrogen (secondary N) is 1. The standard InChI is InChI=1S/C15H14F3NO2S/c1-11(15(16,17)18)19-22(20,21)14-10-6-5-9-13(14)12-7-3-2-4-8-12/h2-11,19H,1H3. The molecular weight excluding hydrogens is 315 g/mol. The second kappa shape index (κ2) is 6.10. The first-order chi connectivity index (χ1) is 10.2. The Morgan fingerprint density at radius 3 is 2.09 bits per heavy atom. The van der Waals surface area contributed by atoms with Crippen LogP contribution < -0.4 is 4.72 Å². The Hall–Kier alpha value is -1.86. The zero-order chi connectivity index (χ0) is 16.4. The average molecular weight is 329 g/mol. The van der Waals surface area contributed by atoms with E-state index in [1.165, 1.54) is 12.1 Å².